The Morgan fingerprint density at radius 3 is 2.74 bits per heavy atom. The first-order chi connectivity index (χ1) is 8.97. The third-order valence-corrected chi connectivity index (χ3v) is 3.15. The van der Waals surface area contributed by atoms with Gasteiger partial charge in [0.05, 0.1) is 12.1 Å². The maximum atomic E-state index is 12.1. The van der Waals surface area contributed by atoms with E-state index in [0.717, 1.165) is 12.8 Å². The Hall–Kier alpha value is -1.75. The van der Waals surface area contributed by atoms with Crippen molar-refractivity contribution in [2.24, 2.45) is 0 Å². The van der Waals surface area contributed by atoms with Gasteiger partial charge in [-0.15, -0.1) is 0 Å². The van der Waals surface area contributed by atoms with Crippen molar-refractivity contribution in [2.45, 2.75) is 18.9 Å². The van der Waals surface area contributed by atoms with Gasteiger partial charge < -0.3 is 16.0 Å². The maximum Gasteiger partial charge on any atom is 0.256 e. The molecule has 1 saturated carbocycles. The van der Waals surface area contributed by atoms with Crippen LogP contribution in [0.4, 0.5) is 5.69 Å². The predicted molar refractivity (Wildman–Crippen MR) is 74.0 cm³/mol. The van der Waals surface area contributed by atoms with E-state index < -0.39 is 0 Å². The molecular weight excluding hydrogens is 266 g/mol. The molecule has 0 radical (unpaired) electrons. The number of hydrogen-bond acceptors (Lipinski definition) is 3. The average molecular weight is 282 g/mol. The average Bonchev–Trinajstić information content (AvgIpc) is 3.11. The lowest BCUT2D eigenvalue weighted by atomic mass is 10.1. The van der Waals surface area contributed by atoms with Crippen molar-refractivity contribution in [3.05, 3.63) is 28.8 Å². The first-order valence-corrected chi connectivity index (χ1v) is 6.45. The highest BCUT2D eigenvalue weighted by molar-refractivity contribution is 6.31. The Bertz CT molecular complexity index is 515. The number of nitrogens with one attached hydrogen (secondary N) is 1. The van der Waals surface area contributed by atoms with Crippen molar-refractivity contribution in [2.75, 3.05) is 19.3 Å². The van der Waals surface area contributed by atoms with Crippen LogP contribution >= 0.6 is 11.6 Å². The number of carbonyl (C=O) groups is 2. The summed E-state index contributed by atoms with van der Waals surface area (Å²) in [5.74, 6) is -0.439. The van der Waals surface area contributed by atoms with Crippen molar-refractivity contribution in [3.8, 4) is 0 Å². The molecule has 1 aromatic rings. The van der Waals surface area contributed by atoms with Gasteiger partial charge in [-0.1, -0.05) is 11.6 Å². The minimum Gasteiger partial charge on any atom is -0.398 e. The van der Waals surface area contributed by atoms with Crippen LogP contribution in [0.25, 0.3) is 0 Å². The first-order valence-electron chi connectivity index (χ1n) is 6.07. The number of anilines is 1. The van der Waals surface area contributed by atoms with E-state index in [-0.39, 0.29) is 24.4 Å². The van der Waals surface area contributed by atoms with Gasteiger partial charge in [-0.3, -0.25) is 9.59 Å². The highest BCUT2D eigenvalue weighted by Gasteiger charge is 2.24. The molecule has 19 heavy (non-hydrogen) atoms. The van der Waals surface area contributed by atoms with Crippen LogP contribution in [-0.2, 0) is 4.79 Å². The maximum absolute atomic E-state index is 12.1. The van der Waals surface area contributed by atoms with E-state index >= 15 is 0 Å². The number of rotatable bonds is 4. The van der Waals surface area contributed by atoms with Crippen LogP contribution in [0.2, 0.25) is 5.02 Å². The monoisotopic (exact) mass is 281 g/mol. The molecule has 1 fully saturated rings. The van der Waals surface area contributed by atoms with Gasteiger partial charge in [0.2, 0.25) is 5.91 Å². The zero-order valence-electron chi connectivity index (χ0n) is 10.6. The fourth-order valence-electron chi connectivity index (χ4n) is 1.72. The lowest BCUT2D eigenvalue weighted by molar-refractivity contribution is -0.121. The molecule has 2 amide bonds. The molecule has 0 spiro atoms. The zero-order chi connectivity index (χ0) is 14.0. The van der Waals surface area contributed by atoms with E-state index in [4.69, 9.17) is 17.3 Å². The summed E-state index contributed by atoms with van der Waals surface area (Å²) in [5.41, 5.74) is 6.41. The largest absolute Gasteiger partial charge is 0.398 e. The van der Waals surface area contributed by atoms with Gasteiger partial charge in [-0.05, 0) is 31.0 Å². The lowest BCUT2D eigenvalue weighted by Crippen LogP contribution is -2.39. The number of nitrogens with two attached hydrogens (primary N) is 1. The van der Waals surface area contributed by atoms with Crippen LogP contribution < -0.4 is 11.1 Å². The molecular formula is C13H16ClN3O2. The van der Waals surface area contributed by atoms with E-state index in [2.05, 4.69) is 5.32 Å². The molecule has 1 aliphatic rings. The molecule has 102 valence electrons. The number of amides is 2. The number of nitrogens with zero attached hydrogens (tertiary/aromatic N) is 1. The van der Waals surface area contributed by atoms with Gasteiger partial charge in [-0.25, -0.2) is 0 Å². The molecule has 0 aromatic heterocycles. The zero-order valence-corrected chi connectivity index (χ0v) is 11.4. The van der Waals surface area contributed by atoms with Gasteiger partial charge in [-0.2, -0.15) is 0 Å². The molecule has 5 nitrogen and oxygen atoms in total. The number of hydrogen-bond donors (Lipinski definition) is 2. The van der Waals surface area contributed by atoms with Crippen LogP contribution in [0.3, 0.4) is 0 Å². The SMILES string of the molecule is CN(CC(=O)NC1CC1)C(=O)c1ccc(Cl)cc1N. The first kappa shape index (κ1) is 13.7. The molecule has 1 aromatic carbocycles. The number of likely N-dealkylation sites (N-methyl/N-ethyl adjacent to an activating group) is 1. The van der Waals surface area contributed by atoms with Gasteiger partial charge in [0.25, 0.3) is 5.91 Å². The Morgan fingerprint density at radius 2 is 2.16 bits per heavy atom. The van der Waals surface area contributed by atoms with Crippen LogP contribution in [0.1, 0.15) is 23.2 Å². The molecule has 3 N–H and O–H groups in total. The summed E-state index contributed by atoms with van der Waals surface area (Å²) in [6.07, 6.45) is 2.04. The van der Waals surface area contributed by atoms with E-state index in [0.29, 0.717) is 16.3 Å². The fraction of sp³-hybridized carbons (Fsp3) is 0.385. The van der Waals surface area contributed by atoms with Crippen molar-refractivity contribution in [3.63, 3.8) is 0 Å². The normalized spacial score (nSPS) is 14.0. The van der Waals surface area contributed by atoms with Gasteiger partial charge in [0.15, 0.2) is 0 Å². The Balaban J connectivity index is 1.99. The van der Waals surface area contributed by atoms with Crippen molar-refractivity contribution < 1.29 is 9.59 Å². The summed E-state index contributed by atoms with van der Waals surface area (Å²) in [6.45, 7) is 0.0252. The van der Waals surface area contributed by atoms with E-state index in [1.54, 1.807) is 19.2 Å². The quantitative estimate of drug-likeness (QED) is 0.816. The molecule has 1 aliphatic carbocycles. The third-order valence-electron chi connectivity index (χ3n) is 2.91. The van der Waals surface area contributed by atoms with Crippen LogP contribution in [-0.4, -0.2) is 36.3 Å². The smallest absolute Gasteiger partial charge is 0.256 e. The summed E-state index contributed by atoms with van der Waals surface area (Å²) < 4.78 is 0. The summed E-state index contributed by atoms with van der Waals surface area (Å²) in [7, 11) is 1.57. The van der Waals surface area contributed by atoms with Gasteiger partial charge in [0, 0.05) is 23.8 Å². The molecule has 0 saturated heterocycles. The van der Waals surface area contributed by atoms with Crippen LogP contribution in [0.15, 0.2) is 18.2 Å². The Morgan fingerprint density at radius 1 is 1.47 bits per heavy atom. The molecule has 2 rings (SSSR count). The highest BCUT2D eigenvalue weighted by Crippen LogP contribution is 2.20. The number of halogens is 1. The second-order valence-corrected chi connectivity index (χ2v) is 5.17. The summed E-state index contributed by atoms with van der Waals surface area (Å²) >= 11 is 5.78. The van der Waals surface area contributed by atoms with Gasteiger partial charge in [0.1, 0.15) is 0 Å². The third kappa shape index (κ3) is 3.61. The molecule has 6 heteroatoms. The summed E-state index contributed by atoms with van der Waals surface area (Å²) in [6, 6.07) is 4.97. The van der Waals surface area contributed by atoms with Crippen molar-refractivity contribution in [1.82, 2.24) is 10.2 Å². The molecule has 0 bridgehead atoms. The van der Waals surface area contributed by atoms with Crippen LogP contribution in [0, 0.1) is 0 Å². The Labute approximate surface area is 116 Å². The van der Waals surface area contributed by atoms with Crippen LogP contribution in [0.5, 0.6) is 0 Å². The molecule has 0 atom stereocenters. The predicted octanol–water partition coefficient (Wildman–Crippen LogP) is 1.27. The Kier molecular flexibility index (Phi) is 3.95. The minimum absolute atomic E-state index is 0.0252. The fourth-order valence-corrected chi connectivity index (χ4v) is 1.90. The minimum atomic E-state index is -0.292. The van der Waals surface area contributed by atoms with E-state index in [1.807, 2.05) is 0 Å². The van der Waals surface area contributed by atoms with Crippen molar-refractivity contribution >= 4 is 29.1 Å². The number of carbonyl (C=O) groups excluding carboxylic acids is 2. The summed E-state index contributed by atoms with van der Waals surface area (Å²) in [5, 5.41) is 3.30. The second kappa shape index (κ2) is 5.48. The highest BCUT2D eigenvalue weighted by atomic mass is 35.5. The molecule has 0 heterocycles. The standard InChI is InChI=1S/C13H16ClN3O2/c1-17(7-12(18)16-9-3-4-9)13(19)10-5-2-8(14)6-11(10)15/h2,5-6,9H,3-4,7,15H2,1H3,(H,16,18). The number of nitrogen functional groups attached to an aromatic ring is 1. The molecule has 0 aliphatic heterocycles. The van der Waals surface area contributed by atoms with Gasteiger partial charge >= 0.3 is 0 Å². The lowest BCUT2D eigenvalue weighted by Gasteiger charge is -2.17. The van der Waals surface area contributed by atoms with Crippen molar-refractivity contribution in [1.29, 1.82) is 0 Å². The number of benzene rings is 1. The van der Waals surface area contributed by atoms with E-state index in [1.165, 1.54) is 11.0 Å². The molecule has 0 unspecified atom stereocenters. The topological polar surface area (TPSA) is 75.4 Å². The second-order valence-electron chi connectivity index (χ2n) is 4.73. The summed E-state index contributed by atoms with van der Waals surface area (Å²) in [4.78, 5) is 25.1. The van der Waals surface area contributed by atoms with E-state index in [9.17, 15) is 9.59 Å².